The first-order valence-corrected chi connectivity index (χ1v) is 11.6. The molecule has 5 rings (SSSR count). The van der Waals surface area contributed by atoms with Gasteiger partial charge in [-0.05, 0) is 30.7 Å². The summed E-state index contributed by atoms with van der Waals surface area (Å²) in [5.74, 6) is 0.966. The minimum absolute atomic E-state index is 0.113. The molecule has 32 heavy (non-hydrogen) atoms. The largest absolute Gasteiger partial charge is 0.497 e. The third-order valence-corrected chi connectivity index (χ3v) is 7.12. The average Bonchev–Trinajstić information content (AvgIpc) is 3.40. The molecule has 0 saturated carbocycles. The molecule has 2 aromatic heterocycles. The van der Waals surface area contributed by atoms with Crippen LogP contribution in [0.5, 0.6) is 5.75 Å². The fraction of sp³-hybridized carbons (Fsp3) is 0.280. The van der Waals surface area contributed by atoms with Crippen LogP contribution in [0.3, 0.4) is 0 Å². The third-order valence-electron chi connectivity index (χ3n) is 5.98. The van der Waals surface area contributed by atoms with E-state index in [1.165, 1.54) is 5.56 Å². The summed E-state index contributed by atoms with van der Waals surface area (Å²) in [5.41, 5.74) is 3.30. The molecular formula is C25H26N4O2S. The molecular weight excluding hydrogens is 420 g/mol. The van der Waals surface area contributed by atoms with Crippen LogP contribution in [0.4, 0.5) is 5.69 Å². The standard InChI is InChI=1S/C25H26N4O2S/c1-18-22-16-23(32-25(22)29(26-18)17-19-7-4-3-5-8-19)24(30)28-13-11-27(12-14-28)20-9-6-10-21(15-20)31-2/h3-10,15-16H,11-14,17H2,1-2H3. The number of carbonyl (C=O) groups excluding carboxylic acids is 1. The first kappa shape index (κ1) is 20.6. The predicted octanol–water partition coefficient (Wildman–Crippen LogP) is 4.43. The number of benzene rings is 2. The van der Waals surface area contributed by atoms with Crippen LogP contribution < -0.4 is 9.64 Å². The lowest BCUT2D eigenvalue weighted by atomic mass is 10.2. The number of rotatable bonds is 5. The predicted molar refractivity (Wildman–Crippen MR) is 129 cm³/mol. The van der Waals surface area contributed by atoms with Crippen molar-refractivity contribution in [3.8, 4) is 5.75 Å². The quantitative estimate of drug-likeness (QED) is 0.455. The number of nitrogens with zero attached hydrogens (tertiary/aromatic N) is 4. The van der Waals surface area contributed by atoms with E-state index in [2.05, 4.69) is 23.1 Å². The van der Waals surface area contributed by atoms with Gasteiger partial charge in [0.1, 0.15) is 10.6 Å². The van der Waals surface area contributed by atoms with E-state index in [0.717, 1.165) is 45.3 Å². The number of carbonyl (C=O) groups is 1. The molecule has 0 aliphatic carbocycles. The topological polar surface area (TPSA) is 50.6 Å². The number of anilines is 1. The van der Waals surface area contributed by atoms with Crippen LogP contribution in [0.15, 0.2) is 60.7 Å². The van der Waals surface area contributed by atoms with Gasteiger partial charge in [0.05, 0.1) is 24.2 Å². The summed E-state index contributed by atoms with van der Waals surface area (Å²) in [5, 5.41) is 5.77. The second-order valence-electron chi connectivity index (χ2n) is 8.04. The SMILES string of the molecule is COc1cccc(N2CCN(C(=O)c3cc4c(C)nn(Cc5ccccc5)c4s3)CC2)c1. The van der Waals surface area contributed by atoms with Gasteiger partial charge in [-0.2, -0.15) is 5.10 Å². The smallest absolute Gasteiger partial charge is 0.264 e. The van der Waals surface area contributed by atoms with Gasteiger partial charge in [-0.1, -0.05) is 36.4 Å². The van der Waals surface area contributed by atoms with Gasteiger partial charge in [-0.15, -0.1) is 11.3 Å². The van der Waals surface area contributed by atoms with Crippen LogP contribution in [0.1, 0.15) is 20.9 Å². The van der Waals surface area contributed by atoms with Crippen molar-refractivity contribution in [2.45, 2.75) is 13.5 Å². The molecule has 1 saturated heterocycles. The molecule has 2 aromatic carbocycles. The molecule has 1 aliphatic rings. The highest BCUT2D eigenvalue weighted by molar-refractivity contribution is 7.20. The third kappa shape index (κ3) is 3.96. The lowest BCUT2D eigenvalue weighted by Crippen LogP contribution is -2.48. The highest BCUT2D eigenvalue weighted by Crippen LogP contribution is 2.30. The van der Waals surface area contributed by atoms with Gasteiger partial charge in [-0.3, -0.25) is 9.48 Å². The maximum absolute atomic E-state index is 13.3. The Bertz CT molecular complexity index is 1240. The lowest BCUT2D eigenvalue weighted by molar-refractivity contribution is 0.0751. The summed E-state index contributed by atoms with van der Waals surface area (Å²) < 4.78 is 7.36. The average molecular weight is 447 g/mol. The Morgan fingerprint density at radius 3 is 2.56 bits per heavy atom. The van der Waals surface area contributed by atoms with Crippen LogP contribution >= 0.6 is 11.3 Å². The number of amides is 1. The van der Waals surface area contributed by atoms with Crippen LogP contribution in [0.25, 0.3) is 10.2 Å². The molecule has 0 spiro atoms. The number of hydrogen-bond acceptors (Lipinski definition) is 5. The van der Waals surface area contributed by atoms with Crippen molar-refractivity contribution in [2.24, 2.45) is 0 Å². The molecule has 0 N–H and O–H groups in total. The molecule has 3 heterocycles. The van der Waals surface area contributed by atoms with E-state index in [-0.39, 0.29) is 5.91 Å². The molecule has 7 heteroatoms. The van der Waals surface area contributed by atoms with Crippen molar-refractivity contribution < 1.29 is 9.53 Å². The van der Waals surface area contributed by atoms with E-state index in [1.54, 1.807) is 18.4 Å². The zero-order valence-electron chi connectivity index (χ0n) is 18.3. The summed E-state index contributed by atoms with van der Waals surface area (Å²) in [4.78, 5) is 19.4. The van der Waals surface area contributed by atoms with E-state index in [1.807, 2.05) is 59.0 Å². The molecule has 0 bridgehead atoms. The van der Waals surface area contributed by atoms with Gasteiger partial charge in [0, 0.05) is 43.3 Å². The van der Waals surface area contributed by atoms with E-state index in [4.69, 9.17) is 9.84 Å². The van der Waals surface area contributed by atoms with Gasteiger partial charge >= 0.3 is 0 Å². The van der Waals surface area contributed by atoms with Crippen LogP contribution in [-0.4, -0.2) is 53.9 Å². The van der Waals surface area contributed by atoms with Crippen molar-refractivity contribution in [1.29, 1.82) is 0 Å². The normalized spacial score (nSPS) is 14.2. The van der Waals surface area contributed by atoms with Gasteiger partial charge < -0.3 is 14.5 Å². The number of aryl methyl sites for hydroxylation is 1. The number of ether oxygens (including phenoxy) is 1. The number of fused-ring (bicyclic) bond motifs is 1. The van der Waals surface area contributed by atoms with Crippen molar-refractivity contribution >= 4 is 33.1 Å². The van der Waals surface area contributed by atoms with E-state index in [0.29, 0.717) is 19.6 Å². The molecule has 1 aliphatic heterocycles. The number of methoxy groups -OCH3 is 1. The number of hydrogen-bond donors (Lipinski definition) is 0. The maximum atomic E-state index is 13.3. The van der Waals surface area contributed by atoms with Crippen LogP contribution in [0.2, 0.25) is 0 Å². The van der Waals surface area contributed by atoms with Gasteiger partial charge in [0.2, 0.25) is 0 Å². The van der Waals surface area contributed by atoms with Crippen molar-refractivity contribution in [3.05, 3.63) is 76.8 Å². The fourth-order valence-electron chi connectivity index (χ4n) is 4.21. The Labute approximate surface area is 191 Å². The minimum Gasteiger partial charge on any atom is -0.497 e. The summed E-state index contributed by atoms with van der Waals surface area (Å²) in [6.07, 6.45) is 0. The summed E-state index contributed by atoms with van der Waals surface area (Å²) in [6, 6.07) is 20.4. The molecule has 1 amide bonds. The Balaban J connectivity index is 1.30. The summed E-state index contributed by atoms with van der Waals surface area (Å²) >= 11 is 1.55. The minimum atomic E-state index is 0.113. The zero-order chi connectivity index (χ0) is 22.1. The second-order valence-corrected chi connectivity index (χ2v) is 9.07. The Morgan fingerprint density at radius 2 is 1.81 bits per heavy atom. The number of aromatic nitrogens is 2. The molecule has 0 unspecified atom stereocenters. The molecule has 6 nitrogen and oxygen atoms in total. The molecule has 1 fully saturated rings. The first-order chi connectivity index (χ1) is 15.6. The van der Waals surface area contributed by atoms with Gasteiger partial charge in [0.15, 0.2) is 0 Å². The molecule has 0 radical (unpaired) electrons. The maximum Gasteiger partial charge on any atom is 0.264 e. The lowest BCUT2D eigenvalue weighted by Gasteiger charge is -2.36. The van der Waals surface area contributed by atoms with E-state index >= 15 is 0 Å². The number of thiophene rings is 1. The van der Waals surface area contributed by atoms with Crippen molar-refractivity contribution in [2.75, 3.05) is 38.2 Å². The second kappa shape index (κ2) is 8.67. The van der Waals surface area contributed by atoms with Crippen molar-refractivity contribution in [3.63, 3.8) is 0 Å². The van der Waals surface area contributed by atoms with E-state index < -0.39 is 0 Å². The molecule has 4 aromatic rings. The Kier molecular flexibility index (Phi) is 5.57. The zero-order valence-corrected chi connectivity index (χ0v) is 19.1. The Morgan fingerprint density at radius 1 is 1.03 bits per heavy atom. The van der Waals surface area contributed by atoms with Crippen LogP contribution in [-0.2, 0) is 6.54 Å². The Hall–Kier alpha value is -3.32. The monoisotopic (exact) mass is 446 g/mol. The molecule has 164 valence electrons. The summed E-state index contributed by atoms with van der Waals surface area (Å²) in [7, 11) is 1.68. The highest BCUT2D eigenvalue weighted by atomic mass is 32.1. The summed E-state index contributed by atoms with van der Waals surface area (Å²) in [6.45, 7) is 5.75. The molecule has 0 atom stereocenters. The van der Waals surface area contributed by atoms with Gasteiger partial charge in [0.25, 0.3) is 5.91 Å². The van der Waals surface area contributed by atoms with Gasteiger partial charge in [-0.25, -0.2) is 0 Å². The fourth-order valence-corrected chi connectivity index (χ4v) is 5.34. The van der Waals surface area contributed by atoms with Crippen LogP contribution in [0, 0.1) is 6.92 Å². The van der Waals surface area contributed by atoms with E-state index in [9.17, 15) is 4.79 Å². The number of piperazine rings is 1. The highest BCUT2D eigenvalue weighted by Gasteiger charge is 2.25. The first-order valence-electron chi connectivity index (χ1n) is 10.8. The van der Waals surface area contributed by atoms with Crippen molar-refractivity contribution in [1.82, 2.24) is 14.7 Å².